The van der Waals surface area contributed by atoms with E-state index >= 15 is 0 Å². The van der Waals surface area contributed by atoms with Gasteiger partial charge in [-0.2, -0.15) is 0 Å². The van der Waals surface area contributed by atoms with E-state index < -0.39 is 0 Å². The molecule has 1 amide bonds. The highest BCUT2D eigenvalue weighted by Crippen LogP contribution is 2.25. The molecular formula is C21H24N6O. The lowest BCUT2D eigenvalue weighted by atomic mass is 9.96. The third-order valence-corrected chi connectivity index (χ3v) is 5.29. The van der Waals surface area contributed by atoms with Gasteiger partial charge in [0.15, 0.2) is 5.65 Å². The average Bonchev–Trinajstić information content (AvgIpc) is 2.73. The number of piperidine rings is 1. The first-order valence-electron chi connectivity index (χ1n) is 9.63. The summed E-state index contributed by atoms with van der Waals surface area (Å²) >= 11 is 0. The van der Waals surface area contributed by atoms with Crippen molar-refractivity contribution in [3.05, 3.63) is 53.7 Å². The van der Waals surface area contributed by atoms with Crippen molar-refractivity contribution in [2.45, 2.75) is 33.2 Å². The van der Waals surface area contributed by atoms with Crippen molar-refractivity contribution < 1.29 is 4.79 Å². The van der Waals surface area contributed by atoms with E-state index in [0.29, 0.717) is 18.7 Å². The molecular weight excluding hydrogens is 352 g/mol. The van der Waals surface area contributed by atoms with Gasteiger partial charge in [-0.1, -0.05) is 0 Å². The Bertz CT molecular complexity index is 991. The Morgan fingerprint density at radius 1 is 1.21 bits per heavy atom. The number of aromatic nitrogens is 4. The quantitative estimate of drug-likeness (QED) is 0.753. The van der Waals surface area contributed by atoms with Gasteiger partial charge < -0.3 is 10.2 Å². The zero-order chi connectivity index (χ0) is 19.5. The van der Waals surface area contributed by atoms with Gasteiger partial charge in [0.1, 0.15) is 5.52 Å². The molecule has 4 rings (SSSR count). The summed E-state index contributed by atoms with van der Waals surface area (Å²) in [7, 11) is 0. The fourth-order valence-corrected chi connectivity index (χ4v) is 3.54. The Kier molecular flexibility index (Phi) is 5.14. The monoisotopic (exact) mass is 376 g/mol. The SMILES string of the molecule is Cc1nc2cc(N3CCCC(C(=O)NCc4ccncc4)C3)cnc2nc1C. The molecule has 4 heterocycles. The minimum atomic E-state index is -0.0304. The number of nitrogens with one attached hydrogen (secondary N) is 1. The molecule has 0 spiro atoms. The van der Waals surface area contributed by atoms with Crippen molar-refractivity contribution in [2.24, 2.45) is 5.92 Å². The zero-order valence-corrected chi connectivity index (χ0v) is 16.2. The van der Waals surface area contributed by atoms with Crippen LogP contribution in [-0.4, -0.2) is 38.9 Å². The number of carbonyl (C=O) groups excluding carboxylic acids is 1. The number of aryl methyl sites for hydroxylation is 2. The van der Waals surface area contributed by atoms with Gasteiger partial charge >= 0.3 is 0 Å². The summed E-state index contributed by atoms with van der Waals surface area (Å²) in [6.45, 7) is 6.03. The molecule has 144 valence electrons. The molecule has 7 heteroatoms. The molecule has 1 N–H and O–H groups in total. The summed E-state index contributed by atoms with van der Waals surface area (Å²) < 4.78 is 0. The molecule has 0 bridgehead atoms. The minimum absolute atomic E-state index is 0.0304. The van der Waals surface area contributed by atoms with Crippen molar-refractivity contribution in [1.29, 1.82) is 0 Å². The summed E-state index contributed by atoms with van der Waals surface area (Å²) in [5, 5.41) is 3.05. The standard InChI is InChI=1S/C21H24N6O/c1-14-15(2)26-20-19(25-14)10-18(12-23-20)27-9-3-4-17(13-27)21(28)24-11-16-5-7-22-8-6-16/h5-8,10,12,17H,3-4,9,11,13H2,1-2H3,(H,24,28). The van der Waals surface area contributed by atoms with Crippen LogP contribution in [0.1, 0.15) is 29.8 Å². The molecule has 1 aliphatic rings. The smallest absolute Gasteiger partial charge is 0.225 e. The van der Waals surface area contributed by atoms with Crippen LogP contribution in [-0.2, 0) is 11.3 Å². The summed E-state index contributed by atoms with van der Waals surface area (Å²) in [4.78, 5) is 32.5. The molecule has 1 atom stereocenters. The van der Waals surface area contributed by atoms with E-state index in [0.717, 1.165) is 47.5 Å². The van der Waals surface area contributed by atoms with Crippen LogP contribution >= 0.6 is 0 Å². The van der Waals surface area contributed by atoms with Crippen LogP contribution in [0.3, 0.4) is 0 Å². The highest BCUT2D eigenvalue weighted by Gasteiger charge is 2.26. The molecule has 3 aromatic heterocycles. The van der Waals surface area contributed by atoms with Gasteiger partial charge in [0, 0.05) is 32.0 Å². The summed E-state index contributed by atoms with van der Waals surface area (Å²) in [6, 6.07) is 5.86. The van der Waals surface area contributed by atoms with Crippen LogP contribution < -0.4 is 10.2 Å². The van der Waals surface area contributed by atoms with Gasteiger partial charge in [-0.25, -0.2) is 15.0 Å². The number of anilines is 1. The van der Waals surface area contributed by atoms with Crippen LogP contribution in [0.25, 0.3) is 11.2 Å². The Morgan fingerprint density at radius 2 is 2.00 bits per heavy atom. The molecule has 0 aromatic carbocycles. The average molecular weight is 376 g/mol. The van der Waals surface area contributed by atoms with Crippen molar-refractivity contribution in [3.8, 4) is 0 Å². The van der Waals surface area contributed by atoms with Crippen molar-refractivity contribution in [2.75, 3.05) is 18.0 Å². The molecule has 0 radical (unpaired) electrons. The van der Waals surface area contributed by atoms with E-state index in [1.54, 1.807) is 12.4 Å². The lowest BCUT2D eigenvalue weighted by molar-refractivity contribution is -0.125. The first kappa shape index (κ1) is 18.3. The summed E-state index contributed by atoms with van der Waals surface area (Å²) in [5.74, 6) is 0.0682. The van der Waals surface area contributed by atoms with Crippen LogP contribution in [0.2, 0.25) is 0 Å². The largest absolute Gasteiger partial charge is 0.369 e. The number of rotatable bonds is 4. The molecule has 1 saturated heterocycles. The molecule has 28 heavy (non-hydrogen) atoms. The number of hydrogen-bond acceptors (Lipinski definition) is 6. The first-order chi connectivity index (χ1) is 13.6. The van der Waals surface area contributed by atoms with E-state index in [1.165, 1.54) is 0 Å². The number of carbonyl (C=O) groups is 1. The molecule has 7 nitrogen and oxygen atoms in total. The van der Waals surface area contributed by atoms with Gasteiger partial charge in [-0.05, 0) is 50.5 Å². The Hall–Kier alpha value is -3.09. The maximum atomic E-state index is 12.7. The molecule has 1 unspecified atom stereocenters. The molecule has 0 saturated carbocycles. The van der Waals surface area contributed by atoms with Crippen LogP contribution in [0.4, 0.5) is 5.69 Å². The van der Waals surface area contributed by atoms with Crippen molar-refractivity contribution in [1.82, 2.24) is 25.3 Å². The highest BCUT2D eigenvalue weighted by atomic mass is 16.1. The van der Waals surface area contributed by atoms with Gasteiger partial charge in [0.2, 0.25) is 5.91 Å². The summed E-state index contributed by atoms with van der Waals surface area (Å²) in [6.07, 6.45) is 7.19. The Labute approximate surface area is 164 Å². The Morgan fingerprint density at radius 3 is 2.82 bits per heavy atom. The lowest BCUT2D eigenvalue weighted by Gasteiger charge is -2.33. The van der Waals surface area contributed by atoms with E-state index in [4.69, 9.17) is 0 Å². The highest BCUT2D eigenvalue weighted by molar-refractivity contribution is 5.80. The molecule has 0 aliphatic carbocycles. The predicted octanol–water partition coefficient (Wildman–Crippen LogP) is 2.57. The van der Waals surface area contributed by atoms with Gasteiger partial charge in [0.25, 0.3) is 0 Å². The van der Waals surface area contributed by atoms with E-state index in [1.807, 2.05) is 38.2 Å². The molecule has 1 fully saturated rings. The Balaban J connectivity index is 1.45. The third kappa shape index (κ3) is 3.93. The van der Waals surface area contributed by atoms with Gasteiger partial charge in [0.05, 0.1) is 29.2 Å². The van der Waals surface area contributed by atoms with Gasteiger partial charge in [-0.3, -0.25) is 9.78 Å². The number of nitrogens with zero attached hydrogens (tertiary/aromatic N) is 5. The maximum absolute atomic E-state index is 12.7. The normalized spacial score (nSPS) is 16.9. The van der Waals surface area contributed by atoms with E-state index in [-0.39, 0.29) is 11.8 Å². The second-order valence-electron chi connectivity index (χ2n) is 7.29. The van der Waals surface area contributed by atoms with Crippen LogP contribution in [0, 0.1) is 19.8 Å². The fourth-order valence-electron chi connectivity index (χ4n) is 3.54. The van der Waals surface area contributed by atoms with Crippen LogP contribution in [0.5, 0.6) is 0 Å². The second kappa shape index (κ2) is 7.88. The van der Waals surface area contributed by atoms with Crippen molar-refractivity contribution >= 4 is 22.8 Å². The minimum Gasteiger partial charge on any atom is -0.369 e. The molecule has 1 aliphatic heterocycles. The third-order valence-electron chi connectivity index (χ3n) is 5.29. The lowest BCUT2D eigenvalue weighted by Crippen LogP contribution is -2.43. The predicted molar refractivity (Wildman–Crippen MR) is 108 cm³/mol. The number of hydrogen-bond donors (Lipinski definition) is 1. The second-order valence-corrected chi connectivity index (χ2v) is 7.29. The van der Waals surface area contributed by atoms with Gasteiger partial charge in [-0.15, -0.1) is 0 Å². The first-order valence-corrected chi connectivity index (χ1v) is 9.63. The van der Waals surface area contributed by atoms with Crippen molar-refractivity contribution in [3.63, 3.8) is 0 Å². The fraction of sp³-hybridized carbons (Fsp3) is 0.381. The topological polar surface area (TPSA) is 83.9 Å². The number of amides is 1. The zero-order valence-electron chi connectivity index (χ0n) is 16.2. The van der Waals surface area contributed by atoms with E-state index in [2.05, 4.69) is 30.2 Å². The number of pyridine rings is 2. The van der Waals surface area contributed by atoms with E-state index in [9.17, 15) is 4.79 Å². The van der Waals surface area contributed by atoms with Crippen LogP contribution in [0.15, 0.2) is 36.8 Å². The number of fused-ring (bicyclic) bond motifs is 1. The summed E-state index contributed by atoms with van der Waals surface area (Å²) in [5.41, 5.74) is 5.33. The molecule has 3 aromatic rings. The maximum Gasteiger partial charge on any atom is 0.225 e.